The maximum absolute atomic E-state index is 12.6. The van der Waals surface area contributed by atoms with E-state index in [9.17, 15) is 4.79 Å². The first-order valence-corrected chi connectivity index (χ1v) is 8.15. The van der Waals surface area contributed by atoms with Crippen LogP contribution in [0.2, 0.25) is 5.02 Å². The van der Waals surface area contributed by atoms with E-state index in [1.54, 1.807) is 12.3 Å². The minimum Gasteiger partial charge on any atom is -0.379 e. The van der Waals surface area contributed by atoms with Crippen LogP contribution in [0.3, 0.4) is 0 Å². The summed E-state index contributed by atoms with van der Waals surface area (Å²) in [5.41, 5.74) is 0.539. The Labute approximate surface area is 135 Å². The summed E-state index contributed by atoms with van der Waals surface area (Å²) in [4.78, 5) is 19.7. The summed E-state index contributed by atoms with van der Waals surface area (Å²) in [6, 6.07) is 1.67. The number of rotatable bonds is 3. The van der Waals surface area contributed by atoms with Crippen LogP contribution in [0.5, 0.6) is 0 Å². The Hall–Kier alpha value is -1.08. The van der Waals surface area contributed by atoms with Gasteiger partial charge in [-0.1, -0.05) is 11.6 Å². The highest BCUT2D eigenvalue weighted by Crippen LogP contribution is 2.15. The molecule has 1 unspecified atom stereocenters. The van der Waals surface area contributed by atoms with Gasteiger partial charge in [0.05, 0.1) is 24.3 Å². The number of carbonyl (C=O) groups excluding carboxylic acids is 1. The Morgan fingerprint density at radius 2 is 2.14 bits per heavy atom. The van der Waals surface area contributed by atoms with Gasteiger partial charge in [0, 0.05) is 45.5 Å². The van der Waals surface area contributed by atoms with E-state index in [1.807, 2.05) is 4.90 Å². The van der Waals surface area contributed by atoms with Crippen molar-refractivity contribution >= 4 is 17.5 Å². The van der Waals surface area contributed by atoms with Gasteiger partial charge in [0.1, 0.15) is 5.69 Å². The van der Waals surface area contributed by atoms with Crippen molar-refractivity contribution in [3.63, 3.8) is 0 Å². The number of amides is 1. The van der Waals surface area contributed by atoms with Gasteiger partial charge in [-0.15, -0.1) is 0 Å². The fourth-order valence-corrected chi connectivity index (χ4v) is 3.09. The minimum atomic E-state index is -0.00984. The smallest absolute Gasteiger partial charge is 0.270 e. The lowest BCUT2D eigenvalue weighted by atomic mass is 10.2. The summed E-state index contributed by atoms with van der Waals surface area (Å²) in [5, 5.41) is 0.555. The van der Waals surface area contributed by atoms with Crippen LogP contribution < -0.4 is 0 Å². The first-order valence-electron chi connectivity index (χ1n) is 7.77. The highest BCUT2D eigenvalue weighted by molar-refractivity contribution is 6.30. The van der Waals surface area contributed by atoms with Gasteiger partial charge in [-0.05, 0) is 12.5 Å². The molecule has 0 radical (unpaired) electrons. The molecule has 2 fully saturated rings. The normalized spacial score (nSPS) is 24.2. The summed E-state index contributed by atoms with van der Waals surface area (Å²) in [5.74, 6) is -0.00984. The Kier molecular flexibility index (Phi) is 5.36. The van der Waals surface area contributed by atoms with E-state index in [1.165, 1.54) is 0 Å². The molecule has 2 aliphatic rings. The van der Waals surface area contributed by atoms with Crippen molar-refractivity contribution in [2.75, 3.05) is 52.5 Å². The van der Waals surface area contributed by atoms with E-state index in [0.29, 0.717) is 23.9 Å². The molecule has 1 amide bonds. The predicted molar refractivity (Wildman–Crippen MR) is 83.3 cm³/mol. The fourth-order valence-electron chi connectivity index (χ4n) is 2.92. The van der Waals surface area contributed by atoms with Crippen LogP contribution in [0.1, 0.15) is 16.9 Å². The number of nitrogens with zero attached hydrogens (tertiary/aromatic N) is 2. The van der Waals surface area contributed by atoms with Crippen LogP contribution in [0.25, 0.3) is 0 Å². The van der Waals surface area contributed by atoms with E-state index in [2.05, 4.69) is 9.88 Å². The molecule has 122 valence electrons. The number of hydrogen-bond acceptors (Lipinski definition) is 4. The maximum Gasteiger partial charge on any atom is 0.270 e. The van der Waals surface area contributed by atoms with Crippen molar-refractivity contribution in [1.29, 1.82) is 0 Å². The third-order valence-electron chi connectivity index (χ3n) is 4.08. The summed E-state index contributed by atoms with van der Waals surface area (Å²) >= 11 is 5.89. The molecule has 2 aliphatic heterocycles. The highest BCUT2D eigenvalue weighted by atomic mass is 35.5. The fraction of sp³-hybridized carbons (Fsp3) is 0.667. The molecule has 0 aliphatic carbocycles. The molecule has 1 aromatic heterocycles. The third kappa shape index (κ3) is 4.01. The molecule has 22 heavy (non-hydrogen) atoms. The lowest BCUT2D eigenvalue weighted by Crippen LogP contribution is -2.45. The van der Waals surface area contributed by atoms with Crippen LogP contribution in [0.4, 0.5) is 0 Å². The zero-order valence-electron chi connectivity index (χ0n) is 12.6. The molecule has 0 aromatic carbocycles. The summed E-state index contributed by atoms with van der Waals surface area (Å²) in [6.07, 6.45) is 2.55. The first-order chi connectivity index (χ1) is 10.7. The zero-order valence-corrected chi connectivity index (χ0v) is 13.3. The molecule has 0 saturated carbocycles. The molecule has 6 nitrogen and oxygen atoms in total. The third-order valence-corrected chi connectivity index (χ3v) is 4.30. The Morgan fingerprint density at radius 1 is 1.32 bits per heavy atom. The summed E-state index contributed by atoms with van der Waals surface area (Å²) in [6.45, 7) is 6.29. The lowest BCUT2D eigenvalue weighted by Gasteiger charge is -2.31. The zero-order chi connectivity index (χ0) is 15.4. The molecule has 0 bridgehead atoms. The van der Waals surface area contributed by atoms with E-state index in [0.717, 1.165) is 45.8 Å². The second-order valence-corrected chi connectivity index (χ2v) is 6.18. The van der Waals surface area contributed by atoms with Crippen LogP contribution in [0, 0.1) is 0 Å². The molecule has 3 heterocycles. The molecular formula is C15H22ClN3O3. The number of morpholine rings is 1. The Balaban J connectivity index is 1.60. The van der Waals surface area contributed by atoms with Crippen LogP contribution in [0.15, 0.2) is 12.3 Å². The molecule has 3 rings (SSSR count). The highest BCUT2D eigenvalue weighted by Gasteiger charge is 2.26. The van der Waals surface area contributed by atoms with Crippen molar-refractivity contribution in [2.24, 2.45) is 0 Å². The van der Waals surface area contributed by atoms with Crippen LogP contribution >= 0.6 is 11.6 Å². The minimum absolute atomic E-state index is 0.00984. The van der Waals surface area contributed by atoms with Gasteiger partial charge in [-0.3, -0.25) is 9.69 Å². The van der Waals surface area contributed by atoms with Gasteiger partial charge in [-0.25, -0.2) is 0 Å². The average Bonchev–Trinajstić information content (AvgIpc) is 2.83. The van der Waals surface area contributed by atoms with Gasteiger partial charge in [0.25, 0.3) is 5.91 Å². The average molecular weight is 328 g/mol. The number of halogens is 1. The number of hydrogen-bond donors (Lipinski definition) is 1. The number of H-pyrrole nitrogens is 1. The van der Waals surface area contributed by atoms with Crippen LogP contribution in [-0.4, -0.2) is 79.3 Å². The molecule has 1 aromatic rings. The number of carbonyl (C=O) groups is 1. The lowest BCUT2D eigenvalue weighted by molar-refractivity contribution is -0.0112. The van der Waals surface area contributed by atoms with Crippen molar-refractivity contribution in [3.05, 3.63) is 23.0 Å². The van der Waals surface area contributed by atoms with Crippen molar-refractivity contribution in [1.82, 2.24) is 14.8 Å². The number of aromatic amines is 1. The largest absolute Gasteiger partial charge is 0.379 e. The van der Waals surface area contributed by atoms with Gasteiger partial charge in [0.2, 0.25) is 0 Å². The molecule has 0 spiro atoms. The number of aromatic nitrogens is 1. The summed E-state index contributed by atoms with van der Waals surface area (Å²) in [7, 11) is 0. The number of nitrogens with one attached hydrogen (secondary N) is 1. The van der Waals surface area contributed by atoms with Crippen molar-refractivity contribution in [2.45, 2.75) is 12.5 Å². The molecule has 1 atom stereocenters. The van der Waals surface area contributed by atoms with Gasteiger partial charge < -0.3 is 19.4 Å². The molecular weight excluding hydrogens is 306 g/mol. The molecule has 7 heteroatoms. The van der Waals surface area contributed by atoms with E-state index in [-0.39, 0.29) is 12.0 Å². The predicted octanol–water partition coefficient (Wildman–Crippen LogP) is 1.23. The van der Waals surface area contributed by atoms with Crippen molar-refractivity contribution in [3.8, 4) is 0 Å². The SMILES string of the molecule is O=C(c1cc(Cl)c[nH]1)N1CCCOC(CN2CCOCC2)C1. The monoisotopic (exact) mass is 327 g/mol. The van der Waals surface area contributed by atoms with E-state index in [4.69, 9.17) is 21.1 Å². The molecule has 2 saturated heterocycles. The van der Waals surface area contributed by atoms with Crippen LogP contribution in [-0.2, 0) is 9.47 Å². The van der Waals surface area contributed by atoms with Gasteiger partial charge in [0.15, 0.2) is 0 Å². The topological polar surface area (TPSA) is 57.8 Å². The van der Waals surface area contributed by atoms with Crippen molar-refractivity contribution < 1.29 is 14.3 Å². The van der Waals surface area contributed by atoms with E-state index < -0.39 is 0 Å². The quantitative estimate of drug-likeness (QED) is 0.907. The van der Waals surface area contributed by atoms with Gasteiger partial charge >= 0.3 is 0 Å². The second-order valence-electron chi connectivity index (χ2n) is 5.74. The van der Waals surface area contributed by atoms with E-state index >= 15 is 0 Å². The first kappa shape index (κ1) is 15.8. The van der Waals surface area contributed by atoms with Gasteiger partial charge in [-0.2, -0.15) is 0 Å². The molecule has 1 N–H and O–H groups in total. The Bertz CT molecular complexity index is 502. The standard InChI is InChI=1S/C15H22ClN3O3/c16-12-8-14(17-9-12)15(20)19-2-1-5-22-13(11-19)10-18-3-6-21-7-4-18/h8-9,13,17H,1-7,10-11H2. The number of ether oxygens (including phenoxy) is 2. The Morgan fingerprint density at radius 3 is 2.86 bits per heavy atom. The second kappa shape index (κ2) is 7.46. The maximum atomic E-state index is 12.6. The summed E-state index contributed by atoms with van der Waals surface area (Å²) < 4.78 is 11.3.